The quantitative estimate of drug-likeness (QED) is 0.597. The molecule has 68 valence electrons. The van der Waals surface area contributed by atoms with Crippen molar-refractivity contribution in [2.45, 2.75) is 38.9 Å². The van der Waals surface area contributed by atoms with Crippen molar-refractivity contribution in [1.82, 2.24) is 0 Å². The van der Waals surface area contributed by atoms with Crippen LogP contribution in [0.25, 0.3) is 0 Å². The van der Waals surface area contributed by atoms with Gasteiger partial charge in [0.1, 0.15) is 5.60 Å². The Morgan fingerprint density at radius 1 is 1.50 bits per heavy atom. The first-order valence-corrected chi connectivity index (χ1v) is 3.91. The first-order chi connectivity index (χ1) is 5.22. The lowest BCUT2D eigenvalue weighted by atomic mass is 9.96. The molecule has 0 spiro atoms. The standard InChI is InChI=1S/C9H14O3/c1-8(2)5-6(7(10)12-8)9(3,4)11/h5,11H,1-4H3. The fourth-order valence-corrected chi connectivity index (χ4v) is 1.16. The fourth-order valence-electron chi connectivity index (χ4n) is 1.16. The van der Waals surface area contributed by atoms with Crippen LogP contribution in [0.2, 0.25) is 0 Å². The van der Waals surface area contributed by atoms with Gasteiger partial charge in [-0.15, -0.1) is 0 Å². The van der Waals surface area contributed by atoms with Crippen molar-refractivity contribution in [3.05, 3.63) is 11.6 Å². The molecule has 0 aromatic heterocycles. The summed E-state index contributed by atoms with van der Waals surface area (Å²) in [6.45, 7) is 6.70. The fraction of sp³-hybridized carbons (Fsp3) is 0.667. The summed E-state index contributed by atoms with van der Waals surface area (Å²) in [6.07, 6.45) is 1.66. The number of esters is 1. The van der Waals surface area contributed by atoms with E-state index < -0.39 is 17.2 Å². The Hall–Kier alpha value is -0.830. The number of rotatable bonds is 1. The summed E-state index contributed by atoms with van der Waals surface area (Å²) in [6, 6.07) is 0. The first-order valence-electron chi connectivity index (χ1n) is 3.91. The molecule has 1 N–H and O–H groups in total. The van der Waals surface area contributed by atoms with Crippen LogP contribution in [0.5, 0.6) is 0 Å². The first kappa shape index (κ1) is 9.26. The zero-order valence-corrected chi connectivity index (χ0v) is 7.84. The average Bonchev–Trinajstić information content (AvgIpc) is 2.03. The van der Waals surface area contributed by atoms with Gasteiger partial charge in [-0.2, -0.15) is 0 Å². The molecule has 0 aliphatic carbocycles. The largest absolute Gasteiger partial charge is 0.452 e. The minimum Gasteiger partial charge on any atom is -0.452 e. The normalized spacial score (nSPS) is 22.1. The van der Waals surface area contributed by atoms with E-state index in [-0.39, 0.29) is 0 Å². The molecule has 3 heteroatoms. The number of cyclic esters (lactones) is 1. The van der Waals surface area contributed by atoms with E-state index >= 15 is 0 Å². The second-order valence-corrected chi connectivity index (χ2v) is 4.11. The van der Waals surface area contributed by atoms with E-state index in [2.05, 4.69) is 0 Å². The van der Waals surface area contributed by atoms with Gasteiger partial charge >= 0.3 is 5.97 Å². The number of hydrogen-bond acceptors (Lipinski definition) is 3. The maximum atomic E-state index is 11.2. The van der Waals surface area contributed by atoms with Crippen LogP contribution in [0.4, 0.5) is 0 Å². The summed E-state index contributed by atoms with van der Waals surface area (Å²) < 4.78 is 5.00. The Balaban J connectivity index is 3.00. The molecule has 0 saturated carbocycles. The van der Waals surface area contributed by atoms with Crippen LogP contribution in [0.15, 0.2) is 11.6 Å². The lowest BCUT2D eigenvalue weighted by Crippen LogP contribution is -2.26. The van der Waals surface area contributed by atoms with E-state index in [1.807, 2.05) is 0 Å². The van der Waals surface area contributed by atoms with Crippen molar-refractivity contribution in [2.75, 3.05) is 0 Å². The Labute approximate surface area is 72.0 Å². The Morgan fingerprint density at radius 2 is 2.00 bits per heavy atom. The van der Waals surface area contributed by atoms with Crippen LogP contribution in [0.3, 0.4) is 0 Å². The Bertz CT molecular complexity index is 243. The van der Waals surface area contributed by atoms with Crippen LogP contribution in [-0.4, -0.2) is 22.3 Å². The molecular weight excluding hydrogens is 156 g/mol. The summed E-state index contributed by atoms with van der Waals surface area (Å²) in [4.78, 5) is 11.2. The van der Waals surface area contributed by atoms with Gasteiger partial charge < -0.3 is 9.84 Å². The number of aliphatic hydroxyl groups is 1. The molecule has 0 saturated heterocycles. The number of ether oxygens (including phenoxy) is 1. The van der Waals surface area contributed by atoms with E-state index in [9.17, 15) is 9.90 Å². The van der Waals surface area contributed by atoms with Gasteiger partial charge in [-0.1, -0.05) is 0 Å². The maximum Gasteiger partial charge on any atom is 0.337 e. The number of hydrogen-bond donors (Lipinski definition) is 1. The van der Waals surface area contributed by atoms with Crippen molar-refractivity contribution < 1.29 is 14.6 Å². The van der Waals surface area contributed by atoms with Crippen LogP contribution in [-0.2, 0) is 9.53 Å². The third kappa shape index (κ3) is 1.67. The SMILES string of the molecule is CC1(C)C=C(C(C)(C)O)C(=O)O1. The van der Waals surface area contributed by atoms with Crippen molar-refractivity contribution in [3.63, 3.8) is 0 Å². The zero-order valence-electron chi connectivity index (χ0n) is 7.84. The molecule has 0 radical (unpaired) electrons. The van der Waals surface area contributed by atoms with Gasteiger partial charge in [-0.3, -0.25) is 0 Å². The smallest absolute Gasteiger partial charge is 0.337 e. The molecule has 0 fully saturated rings. The van der Waals surface area contributed by atoms with Crippen molar-refractivity contribution >= 4 is 5.97 Å². The number of carbonyl (C=O) groups is 1. The van der Waals surface area contributed by atoms with Crippen molar-refractivity contribution in [3.8, 4) is 0 Å². The molecule has 0 atom stereocenters. The van der Waals surface area contributed by atoms with Gasteiger partial charge in [0.2, 0.25) is 0 Å². The topological polar surface area (TPSA) is 46.5 Å². The monoisotopic (exact) mass is 170 g/mol. The molecule has 0 unspecified atom stereocenters. The summed E-state index contributed by atoms with van der Waals surface area (Å²) in [5.74, 6) is -0.424. The molecule has 12 heavy (non-hydrogen) atoms. The molecule has 3 nitrogen and oxygen atoms in total. The van der Waals surface area contributed by atoms with Crippen LogP contribution < -0.4 is 0 Å². The minimum atomic E-state index is -1.11. The highest BCUT2D eigenvalue weighted by atomic mass is 16.6. The summed E-state index contributed by atoms with van der Waals surface area (Å²) >= 11 is 0. The molecule has 1 heterocycles. The molecule has 0 aromatic carbocycles. The summed E-state index contributed by atoms with van der Waals surface area (Å²) in [5.41, 5.74) is -1.34. The second kappa shape index (κ2) is 2.33. The highest BCUT2D eigenvalue weighted by molar-refractivity contribution is 5.93. The minimum absolute atomic E-state index is 0.340. The molecule has 0 aromatic rings. The molecular formula is C9H14O3. The van der Waals surface area contributed by atoms with E-state index in [1.165, 1.54) is 0 Å². The predicted octanol–water partition coefficient (Wildman–Crippen LogP) is 1.02. The van der Waals surface area contributed by atoms with E-state index in [0.717, 1.165) is 0 Å². The Morgan fingerprint density at radius 3 is 2.17 bits per heavy atom. The predicted molar refractivity (Wildman–Crippen MR) is 44.6 cm³/mol. The van der Waals surface area contributed by atoms with Crippen molar-refractivity contribution in [2.24, 2.45) is 0 Å². The van der Waals surface area contributed by atoms with E-state index in [1.54, 1.807) is 33.8 Å². The van der Waals surface area contributed by atoms with Gasteiger partial charge in [0, 0.05) is 0 Å². The lowest BCUT2D eigenvalue weighted by Gasteiger charge is -2.15. The molecule has 1 aliphatic rings. The van der Waals surface area contributed by atoms with Gasteiger partial charge in [0.05, 0.1) is 11.2 Å². The van der Waals surface area contributed by atoms with Crippen LogP contribution >= 0.6 is 0 Å². The highest BCUT2D eigenvalue weighted by Gasteiger charge is 2.38. The molecule has 1 aliphatic heterocycles. The third-order valence-corrected chi connectivity index (χ3v) is 1.73. The van der Waals surface area contributed by atoms with Gasteiger partial charge in [-0.05, 0) is 33.8 Å². The van der Waals surface area contributed by atoms with Crippen molar-refractivity contribution in [1.29, 1.82) is 0 Å². The molecule has 0 amide bonds. The Kier molecular flexibility index (Phi) is 1.80. The second-order valence-electron chi connectivity index (χ2n) is 4.11. The van der Waals surface area contributed by atoms with Crippen LogP contribution in [0.1, 0.15) is 27.7 Å². The third-order valence-electron chi connectivity index (χ3n) is 1.73. The van der Waals surface area contributed by atoms with Crippen LogP contribution in [0, 0.1) is 0 Å². The summed E-state index contributed by atoms with van der Waals surface area (Å²) in [5, 5.41) is 9.55. The molecule has 1 rings (SSSR count). The maximum absolute atomic E-state index is 11.2. The van der Waals surface area contributed by atoms with Gasteiger partial charge in [0.25, 0.3) is 0 Å². The summed E-state index contributed by atoms with van der Waals surface area (Å²) in [7, 11) is 0. The van der Waals surface area contributed by atoms with E-state index in [0.29, 0.717) is 5.57 Å². The highest BCUT2D eigenvalue weighted by Crippen LogP contribution is 2.29. The molecule has 0 bridgehead atoms. The van der Waals surface area contributed by atoms with Gasteiger partial charge in [-0.25, -0.2) is 4.79 Å². The average molecular weight is 170 g/mol. The van der Waals surface area contributed by atoms with E-state index in [4.69, 9.17) is 4.74 Å². The lowest BCUT2D eigenvalue weighted by molar-refractivity contribution is -0.145. The zero-order chi connectivity index (χ0) is 9.57. The van der Waals surface area contributed by atoms with Gasteiger partial charge in [0.15, 0.2) is 0 Å². The number of carbonyl (C=O) groups excluding carboxylic acids is 1.